The Hall–Kier alpha value is -1.71. The first kappa shape index (κ1) is 11.8. The molecule has 4 nitrogen and oxygen atoms in total. The maximum Gasteiger partial charge on any atom is 0.269 e. The average molecular weight is 233 g/mol. The van der Waals surface area contributed by atoms with E-state index in [0.717, 1.165) is 18.4 Å². The first-order valence-corrected chi connectivity index (χ1v) is 5.78. The fourth-order valence-electron chi connectivity index (χ4n) is 2.35. The monoisotopic (exact) mass is 233 g/mol. The molecular weight excluding hydrogens is 218 g/mol. The van der Waals surface area contributed by atoms with Crippen molar-refractivity contribution in [1.29, 1.82) is 0 Å². The molecule has 1 aliphatic rings. The van der Waals surface area contributed by atoms with Gasteiger partial charge < -0.3 is 0 Å². The zero-order chi connectivity index (χ0) is 12.5. The van der Waals surface area contributed by atoms with Crippen molar-refractivity contribution < 1.29 is 9.72 Å². The summed E-state index contributed by atoms with van der Waals surface area (Å²) in [7, 11) is 0. The smallest absolute Gasteiger partial charge is 0.269 e. The number of carbonyl (C=O) groups is 1. The molecule has 0 unspecified atom stereocenters. The second-order valence-corrected chi connectivity index (χ2v) is 4.90. The number of benzene rings is 1. The van der Waals surface area contributed by atoms with E-state index < -0.39 is 4.92 Å². The molecule has 1 fully saturated rings. The van der Waals surface area contributed by atoms with Crippen molar-refractivity contribution in [3.8, 4) is 0 Å². The molecule has 0 bridgehead atoms. The van der Waals surface area contributed by atoms with E-state index in [0.29, 0.717) is 18.6 Å². The number of nitrogens with zero attached hydrogens (tertiary/aromatic N) is 1. The first-order valence-electron chi connectivity index (χ1n) is 5.78. The maximum absolute atomic E-state index is 11.2. The highest BCUT2D eigenvalue weighted by atomic mass is 16.6. The van der Waals surface area contributed by atoms with Crippen LogP contribution >= 0.6 is 0 Å². The standard InChI is InChI=1S/C13H15NO3/c1-13(8-6-12(15)7-9-13)10-2-4-11(5-3-10)14(16)17/h2-5H,6-9H2,1H3. The quantitative estimate of drug-likeness (QED) is 0.582. The molecule has 1 aromatic rings. The third-order valence-electron chi connectivity index (χ3n) is 3.69. The molecule has 4 heteroatoms. The van der Waals surface area contributed by atoms with Gasteiger partial charge in [-0.3, -0.25) is 14.9 Å². The van der Waals surface area contributed by atoms with Crippen LogP contribution in [0.1, 0.15) is 38.2 Å². The van der Waals surface area contributed by atoms with E-state index >= 15 is 0 Å². The van der Waals surface area contributed by atoms with Gasteiger partial charge in [-0.15, -0.1) is 0 Å². The zero-order valence-corrected chi connectivity index (χ0v) is 9.81. The van der Waals surface area contributed by atoms with Crippen molar-refractivity contribution in [2.24, 2.45) is 0 Å². The van der Waals surface area contributed by atoms with Crippen molar-refractivity contribution in [3.05, 3.63) is 39.9 Å². The van der Waals surface area contributed by atoms with Crippen LogP contribution in [-0.2, 0) is 10.2 Å². The molecule has 1 saturated carbocycles. The largest absolute Gasteiger partial charge is 0.300 e. The summed E-state index contributed by atoms with van der Waals surface area (Å²) < 4.78 is 0. The third-order valence-corrected chi connectivity index (χ3v) is 3.69. The molecule has 0 spiro atoms. The molecule has 0 aliphatic heterocycles. The van der Waals surface area contributed by atoms with Crippen molar-refractivity contribution >= 4 is 11.5 Å². The molecule has 17 heavy (non-hydrogen) atoms. The van der Waals surface area contributed by atoms with Crippen LogP contribution in [0.4, 0.5) is 5.69 Å². The van der Waals surface area contributed by atoms with Crippen LogP contribution in [0.3, 0.4) is 0 Å². The van der Waals surface area contributed by atoms with Gasteiger partial charge in [-0.05, 0) is 23.8 Å². The van der Waals surface area contributed by atoms with Crippen molar-refractivity contribution in [2.45, 2.75) is 38.0 Å². The van der Waals surface area contributed by atoms with Gasteiger partial charge in [-0.1, -0.05) is 19.1 Å². The van der Waals surface area contributed by atoms with Crippen molar-refractivity contribution in [2.75, 3.05) is 0 Å². The Bertz CT molecular complexity index is 440. The van der Waals surface area contributed by atoms with Crippen LogP contribution < -0.4 is 0 Å². The van der Waals surface area contributed by atoms with Gasteiger partial charge in [0.2, 0.25) is 0 Å². The van der Waals surface area contributed by atoms with E-state index in [1.165, 1.54) is 12.1 Å². The van der Waals surface area contributed by atoms with Gasteiger partial charge in [-0.2, -0.15) is 0 Å². The number of Topliss-reactive ketones (excluding diaryl/α,β-unsaturated/α-hetero) is 1. The Labute approximate surface area is 99.8 Å². The topological polar surface area (TPSA) is 60.2 Å². The lowest BCUT2D eigenvalue weighted by molar-refractivity contribution is -0.384. The molecule has 0 saturated heterocycles. The molecule has 1 aliphatic carbocycles. The summed E-state index contributed by atoms with van der Waals surface area (Å²) in [6.07, 6.45) is 2.91. The number of nitro groups is 1. The molecule has 0 radical (unpaired) electrons. The Morgan fingerprint density at radius 1 is 1.18 bits per heavy atom. The molecule has 90 valence electrons. The predicted molar refractivity (Wildman–Crippen MR) is 63.9 cm³/mol. The lowest BCUT2D eigenvalue weighted by atomic mass is 9.71. The molecule has 2 rings (SSSR count). The van der Waals surface area contributed by atoms with Crippen molar-refractivity contribution in [3.63, 3.8) is 0 Å². The van der Waals surface area contributed by atoms with Gasteiger partial charge in [0.15, 0.2) is 0 Å². The summed E-state index contributed by atoms with van der Waals surface area (Å²) in [5, 5.41) is 10.6. The summed E-state index contributed by atoms with van der Waals surface area (Å²) in [5.74, 6) is 0.324. The number of non-ortho nitro benzene ring substituents is 1. The van der Waals surface area contributed by atoms with Crippen molar-refractivity contribution in [1.82, 2.24) is 0 Å². The first-order chi connectivity index (χ1) is 8.01. The van der Waals surface area contributed by atoms with E-state index in [-0.39, 0.29) is 11.1 Å². The van der Waals surface area contributed by atoms with Crippen LogP contribution in [0.15, 0.2) is 24.3 Å². The minimum Gasteiger partial charge on any atom is -0.300 e. The van der Waals surface area contributed by atoms with Gasteiger partial charge in [0.05, 0.1) is 4.92 Å². The number of hydrogen-bond acceptors (Lipinski definition) is 3. The summed E-state index contributed by atoms with van der Waals surface area (Å²) in [6, 6.07) is 6.70. The average Bonchev–Trinajstić information content (AvgIpc) is 2.33. The van der Waals surface area contributed by atoms with Gasteiger partial charge in [0, 0.05) is 25.0 Å². The number of ketones is 1. The van der Waals surface area contributed by atoms with Crippen LogP contribution in [0, 0.1) is 10.1 Å². The third kappa shape index (κ3) is 2.35. The van der Waals surface area contributed by atoms with Gasteiger partial charge in [-0.25, -0.2) is 0 Å². The summed E-state index contributed by atoms with van der Waals surface area (Å²) in [4.78, 5) is 21.4. The van der Waals surface area contributed by atoms with Crippen LogP contribution in [-0.4, -0.2) is 10.7 Å². The molecule has 0 heterocycles. The van der Waals surface area contributed by atoms with E-state index in [1.54, 1.807) is 0 Å². The minimum absolute atomic E-state index is 0.0109. The number of carbonyl (C=O) groups excluding carboxylic acids is 1. The van der Waals surface area contributed by atoms with Gasteiger partial charge in [0.25, 0.3) is 5.69 Å². The lowest BCUT2D eigenvalue weighted by Crippen LogP contribution is -2.28. The molecule has 0 atom stereocenters. The fraction of sp³-hybridized carbons (Fsp3) is 0.462. The second-order valence-electron chi connectivity index (χ2n) is 4.90. The van der Waals surface area contributed by atoms with E-state index in [1.807, 2.05) is 12.1 Å². The number of hydrogen-bond donors (Lipinski definition) is 0. The van der Waals surface area contributed by atoms with Crippen LogP contribution in [0.25, 0.3) is 0 Å². The van der Waals surface area contributed by atoms with Crippen LogP contribution in [0.2, 0.25) is 0 Å². The van der Waals surface area contributed by atoms with E-state index in [4.69, 9.17) is 0 Å². The summed E-state index contributed by atoms with van der Waals surface area (Å²) in [5.41, 5.74) is 1.20. The molecule has 0 aromatic heterocycles. The Balaban J connectivity index is 2.22. The predicted octanol–water partition coefficient (Wildman–Crippen LogP) is 3.00. The van der Waals surface area contributed by atoms with E-state index in [2.05, 4.69) is 6.92 Å². The van der Waals surface area contributed by atoms with Crippen LogP contribution in [0.5, 0.6) is 0 Å². The number of nitro benzene ring substituents is 1. The van der Waals surface area contributed by atoms with Gasteiger partial charge in [0.1, 0.15) is 5.78 Å². The highest BCUT2D eigenvalue weighted by Crippen LogP contribution is 2.38. The van der Waals surface area contributed by atoms with E-state index in [9.17, 15) is 14.9 Å². The minimum atomic E-state index is -0.392. The molecule has 1 aromatic carbocycles. The Morgan fingerprint density at radius 3 is 2.18 bits per heavy atom. The maximum atomic E-state index is 11.2. The summed E-state index contributed by atoms with van der Waals surface area (Å²) >= 11 is 0. The lowest BCUT2D eigenvalue weighted by Gasteiger charge is -2.33. The molecular formula is C13H15NO3. The number of rotatable bonds is 2. The molecule has 0 N–H and O–H groups in total. The normalized spacial score (nSPS) is 19.0. The van der Waals surface area contributed by atoms with Gasteiger partial charge >= 0.3 is 0 Å². The highest BCUT2D eigenvalue weighted by Gasteiger charge is 2.31. The Morgan fingerprint density at radius 2 is 1.71 bits per heavy atom. The SMILES string of the molecule is CC1(c2ccc([N+](=O)[O-])cc2)CCC(=O)CC1. The summed E-state index contributed by atoms with van der Waals surface area (Å²) in [6.45, 7) is 2.13. The second kappa shape index (κ2) is 4.28. The molecule has 0 amide bonds. The highest BCUT2D eigenvalue weighted by molar-refractivity contribution is 5.79. The fourth-order valence-corrected chi connectivity index (χ4v) is 2.35. The Kier molecular flexibility index (Phi) is 2.96. The zero-order valence-electron chi connectivity index (χ0n) is 9.81.